The molecule has 2 saturated carbocycles. The molecule has 2 rings (SSSR count). The standard InChI is InChI=1S/C12H22O/c1-11(2)6-9(11)4-5-12(3)7-10(12)8-13/h9-10,13H,4-8H2,1-3H3/t9-,10-,12-/m0/s1. The average molecular weight is 182 g/mol. The van der Waals surface area contributed by atoms with Crippen molar-refractivity contribution in [3.8, 4) is 0 Å². The Kier molecular flexibility index (Phi) is 1.99. The van der Waals surface area contributed by atoms with Gasteiger partial charge in [-0.25, -0.2) is 0 Å². The Hall–Kier alpha value is -0.0400. The molecule has 0 aromatic rings. The molecule has 13 heavy (non-hydrogen) atoms. The third-order valence-corrected chi connectivity index (χ3v) is 4.54. The smallest absolute Gasteiger partial charge is 0.0464 e. The molecule has 0 aromatic carbocycles. The van der Waals surface area contributed by atoms with Crippen molar-refractivity contribution in [2.45, 2.75) is 46.5 Å². The second kappa shape index (κ2) is 2.73. The molecule has 0 radical (unpaired) electrons. The van der Waals surface area contributed by atoms with Crippen LogP contribution >= 0.6 is 0 Å². The van der Waals surface area contributed by atoms with Gasteiger partial charge in [0.05, 0.1) is 0 Å². The summed E-state index contributed by atoms with van der Waals surface area (Å²) in [6.07, 6.45) is 5.41. The summed E-state index contributed by atoms with van der Waals surface area (Å²) in [4.78, 5) is 0. The van der Waals surface area contributed by atoms with Gasteiger partial charge in [0.25, 0.3) is 0 Å². The lowest BCUT2D eigenvalue weighted by atomic mass is 9.96. The predicted molar refractivity (Wildman–Crippen MR) is 54.4 cm³/mol. The lowest BCUT2D eigenvalue weighted by molar-refractivity contribution is 0.246. The zero-order chi connectivity index (χ0) is 9.69. The summed E-state index contributed by atoms with van der Waals surface area (Å²) in [6.45, 7) is 7.49. The van der Waals surface area contributed by atoms with Crippen molar-refractivity contribution in [1.29, 1.82) is 0 Å². The summed E-state index contributed by atoms with van der Waals surface area (Å²) >= 11 is 0. The van der Waals surface area contributed by atoms with Gasteiger partial charge in [-0.3, -0.25) is 0 Å². The van der Waals surface area contributed by atoms with E-state index in [9.17, 15) is 0 Å². The first kappa shape index (κ1) is 9.51. The topological polar surface area (TPSA) is 20.2 Å². The molecule has 2 fully saturated rings. The first-order valence-corrected chi connectivity index (χ1v) is 5.59. The normalized spacial score (nSPS) is 46.2. The minimum Gasteiger partial charge on any atom is -0.396 e. The van der Waals surface area contributed by atoms with E-state index in [0.29, 0.717) is 23.4 Å². The molecule has 0 aromatic heterocycles. The van der Waals surface area contributed by atoms with Crippen molar-refractivity contribution in [1.82, 2.24) is 0 Å². The zero-order valence-electron chi connectivity index (χ0n) is 9.14. The van der Waals surface area contributed by atoms with E-state index >= 15 is 0 Å². The Balaban J connectivity index is 1.70. The molecule has 1 heteroatoms. The SMILES string of the molecule is CC1(C)C[C@@H]1CC[C@@]1(C)C[C@H]1CO. The number of hydrogen-bond acceptors (Lipinski definition) is 1. The first-order valence-electron chi connectivity index (χ1n) is 5.59. The molecule has 76 valence electrons. The molecule has 2 aliphatic carbocycles. The monoisotopic (exact) mass is 182 g/mol. The van der Waals surface area contributed by atoms with Gasteiger partial charge in [-0.05, 0) is 48.3 Å². The van der Waals surface area contributed by atoms with Crippen LogP contribution in [0.1, 0.15) is 46.5 Å². The van der Waals surface area contributed by atoms with E-state index in [1.807, 2.05) is 0 Å². The number of aliphatic hydroxyl groups excluding tert-OH is 1. The van der Waals surface area contributed by atoms with Crippen LogP contribution in [0.2, 0.25) is 0 Å². The van der Waals surface area contributed by atoms with Gasteiger partial charge < -0.3 is 5.11 Å². The zero-order valence-corrected chi connectivity index (χ0v) is 9.14. The number of hydrogen-bond donors (Lipinski definition) is 1. The van der Waals surface area contributed by atoms with E-state index in [1.165, 1.54) is 25.7 Å². The molecule has 0 unspecified atom stereocenters. The summed E-state index contributed by atoms with van der Waals surface area (Å²) in [5, 5.41) is 9.03. The molecule has 2 aliphatic rings. The van der Waals surface area contributed by atoms with E-state index in [2.05, 4.69) is 20.8 Å². The van der Waals surface area contributed by atoms with Crippen LogP contribution in [0.15, 0.2) is 0 Å². The summed E-state index contributed by atoms with van der Waals surface area (Å²) in [7, 11) is 0. The summed E-state index contributed by atoms with van der Waals surface area (Å²) in [5.74, 6) is 1.60. The average Bonchev–Trinajstić information content (AvgIpc) is 2.87. The van der Waals surface area contributed by atoms with Gasteiger partial charge >= 0.3 is 0 Å². The van der Waals surface area contributed by atoms with E-state index in [4.69, 9.17) is 5.11 Å². The predicted octanol–water partition coefficient (Wildman–Crippen LogP) is 2.83. The van der Waals surface area contributed by atoms with Gasteiger partial charge in [0.1, 0.15) is 0 Å². The van der Waals surface area contributed by atoms with Crippen molar-refractivity contribution in [2.75, 3.05) is 6.61 Å². The highest BCUT2D eigenvalue weighted by molar-refractivity contribution is 5.01. The maximum atomic E-state index is 9.03. The molecule has 0 bridgehead atoms. The van der Waals surface area contributed by atoms with Crippen LogP contribution in [0.4, 0.5) is 0 Å². The Morgan fingerprint density at radius 3 is 2.15 bits per heavy atom. The molecule has 0 spiro atoms. The van der Waals surface area contributed by atoms with E-state index < -0.39 is 0 Å². The Labute approximate surface area is 81.5 Å². The van der Waals surface area contributed by atoms with Crippen LogP contribution < -0.4 is 0 Å². The van der Waals surface area contributed by atoms with Crippen LogP contribution in [-0.2, 0) is 0 Å². The highest BCUT2D eigenvalue weighted by Crippen LogP contribution is 2.60. The Bertz CT molecular complexity index is 209. The largest absolute Gasteiger partial charge is 0.396 e. The fourth-order valence-electron chi connectivity index (χ4n) is 2.67. The van der Waals surface area contributed by atoms with Gasteiger partial charge in [0, 0.05) is 6.61 Å². The molecule has 3 atom stereocenters. The first-order chi connectivity index (χ1) is 5.98. The second-order valence-electron chi connectivity index (χ2n) is 6.17. The fraction of sp³-hybridized carbons (Fsp3) is 1.00. The lowest BCUT2D eigenvalue weighted by Gasteiger charge is -2.10. The van der Waals surface area contributed by atoms with Crippen LogP contribution in [0, 0.1) is 22.7 Å². The third-order valence-electron chi connectivity index (χ3n) is 4.54. The Morgan fingerprint density at radius 1 is 1.15 bits per heavy atom. The molecule has 1 nitrogen and oxygen atoms in total. The third kappa shape index (κ3) is 1.76. The second-order valence-corrected chi connectivity index (χ2v) is 6.17. The van der Waals surface area contributed by atoms with Crippen LogP contribution in [-0.4, -0.2) is 11.7 Å². The van der Waals surface area contributed by atoms with Crippen LogP contribution in [0.25, 0.3) is 0 Å². The molecule has 1 N–H and O–H groups in total. The van der Waals surface area contributed by atoms with Crippen molar-refractivity contribution >= 4 is 0 Å². The molecular weight excluding hydrogens is 160 g/mol. The quantitative estimate of drug-likeness (QED) is 0.709. The number of rotatable bonds is 4. The molecule has 0 saturated heterocycles. The minimum atomic E-state index is 0.407. The minimum absolute atomic E-state index is 0.407. The summed E-state index contributed by atoms with van der Waals surface area (Å²) < 4.78 is 0. The summed E-state index contributed by atoms with van der Waals surface area (Å²) in [6, 6.07) is 0. The van der Waals surface area contributed by atoms with Crippen molar-refractivity contribution in [2.24, 2.45) is 22.7 Å². The molecule has 0 aliphatic heterocycles. The van der Waals surface area contributed by atoms with Crippen molar-refractivity contribution < 1.29 is 5.11 Å². The molecular formula is C12H22O. The lowest BCUT2D eigenvalue weighted by Crippen LogP contribution is -2.02. The summed E-state index contributed by atoms with van der Waals surface area (Å²) in [5.41, 5.74) is 1.15. The molecule has 0 amide bonds. The van der Waals surface area contributed by atoms with E-state index in [-0.39, 0.29) is 0 Å². The maximum absolute atomic E-state index is 9.03. The highest BCUT2D eigenvalue weighted by Gasteiger charge is 2.51. The van der Waals surface area contributed by atoms with Crippen LogP contribution in [0.3, 0.4) is 0 Å². The van der Waals surface area contributed by atoms with Gasteiger partial charge in [0.2, 0.25) is 0 Å². The van der Waals surface area contributed by atoms with Gasteiger partial charge in [-0.2, -0.15) is 0 Å². The van der Waals surface area contributed by atoms with Gasteiger partial charge in [0.15, 0.2) is 0 Å². The van der Waals surface area contributed by atoms with Crippen LogP contribution in [0.5, 0.6) is 0 Å². The van der Waals surface area contributed by atoms with Crippen molar-refractivity contribution in [3.63, 3.8) is 0 Å². The highest BCUT2D eigenvalue weighted by atomic mass is 16.3. The van der Waals surface area contributed by atoms with E-state index in [1.54, 1.807) is 0 Å². The maximum Gasteiger partial charge on any atom is 0.0464 e. The van der Waals surface area contributed by atoms with E-state index in [0.717, 1.165) is 5.92 Å². The van der Waals surface area contributed by atoms with Gasteiger partial charge in [-0.15, -0.1) is 0 Å². The van der Waals surface area contributed by atoms with Crippen molar-refractivity contribution in [3.05, 3.63) is 0 Å². The number of aliphatic hydroxyl groups is 1. The fourth-order valence-corrected chi connectivity index (χ4v) is 2.67. The van der Waals surface area contributed by atoms with Gasteiger partial charge in [-0.1, -0.05) is 20.8 Å². The molecule has 0 heterocycles. The Morgan fingerprint density at radius 2 is 1.77 bits per heavy atom.